The number of halogens is 2. The molecule has 8 heteroatoms. The zero-order valence-electron chi connectivity index (χ0n) is 13.8. The quantitative estimate of drug-likeness (QED) is 0.581. The number of carbonyl (C=O) groups excluding carboxylic acids is 1. The Morgan fingerprint density at radius 1 is 1.15 bits per heavy atom. The Balaban J connectivity index is 1.54. The van der Waals surface area contributed by atoms with Crippen LogP contribution in [-0.2, 0) is 4.79 Å². The summed E-state index contributed by atoms with van der Waals surface area (Å²) >= 11 is 13.0. The number of nitrogens with one attached hydrogen (secondary N) is 1. The Hall–Kier alpha value is -2.02. The van der Waals surface area contributed by atoms with Crippen LogP contribution in [-0.4, -0.2) is 21.9 Å². The highest BCUT2D eigenvalue weighted by Crippen LogP contribution is 2.24. The lowest BCUT2D eigenvalue weighted by Gasteiger charge is -2.14. The van der Waals surface area contributed by atoms with Gasteiger partial charge in [0.2, 0.25) is 11.8 Å². The Bertz CT molecular complexity index is 899. The fourth-order valence-electron chi connectivity index (χ4n) is 2.25. The van der Waals surface area contributed by atoms with Crippen molar-refractivity contribution in [1.29, 1.82) is 0 Å². The van der Waals surface area contributed by atoms with Crippen molar-refractivity contribution >= 4 is 40.9 Å². The molecule has 0 aliphatic carbocycles. The molecule has 0 bridgehead atoms. The lowest BCUT2D eigenvalue weighted by molar-refractivity contribution is -0.119. The summed E-state index contributed by atoms with van der Waals surface area (Å²) < 4.78 is 5.57. The topological polar surface area (TPSA) is 68.0 Å². The predicted molar refractivity (Wildman–Crippen MR) is 103 cm³/mol. The molecule has 1 N–H and O–H groups in total. The average Bonchev–Trinajstić information content (AvgIpc) is 3.09. The number of benzene rings is 2. The van der Waals surface area contributed by atoms with E-state index in [4.69, 9.17) is 27.6 Å². The number of hydrogen-bond donors (Lipinski definition) is 1. The second-order valence-corrected chi connectivity index (χ2v) is 7.31. The van der Waals surface area contributed by atoms with Gasteiger partial charge in [0.05, 0.1) is 11.8 Å². The highest BCUT2D eigenvalue weighted by atomic mass is 35.5. The van der Waals surface area contributed by atoms with Gasteiger partial charge in [-0.1, -0.05) is 47.1 Å². The molecule has 5 nitrogen and oxygen atoms in total. The molecule has 2 aromatic carbocycles. The normalized spacial score (nSPS) is 12.0. The van der Waals surface area contributed by atoms with Gasteiger partial charge in [0.1, 0.15) is 0 Å². The lowest BCUT2D eigenvalue weighted by Crippen LogP contribution is -2.28. The van der Waals surface area contributed by atoms with E-state index in [1.807, 2.05) is 25.1 Å². The monoisotopic (exact) mass is 407 g/mol. The molecular weight excluding hydrogens is 393 g/mol. The summed E-state index contributed by atoms with van der Waals surface area (Å²) in [5.74, 6) is 0.429. The number of carbonyl (C=O) groups is 1. The summed E-state index contributed by atoms with van der Waals surface area (Å²) in [5.41, 5.74) is 1.71. The molecule has 0 fully saturated rings. The second-order valence-electron chi connectivity index (χ2n) is 5.51. The van der Waals surface area contributed by atoms with Gasteiger partial charge in [-0.2, -0.15) is 0 Å². The molecule has 1 amide bonds. The average molecular weight is 408 g/mol. The van der Waals surface area contributed by atoms with Crippen molar-refractivity contribution in [2.45, 2.75) is 18.2 Å². The van der Waals surface area contributed by atoms with Crippen LogP contribution in [0.25, 0.3) is 11.5 Å². The summed E-state index contributed by atoms with van der Waals surface area (Å²) in [4.78, 5) is 12.1. The van der Waals surface area contributed by atoms with Crippen molar-refractivity contribution in [1.82, 2.24) is 15.5 Å². The fraction of sp³-hybridized carbons (Fsp3) is 0.167. The third-order valence-electron chi connectivity index (χ3n) is 3.55. The third-order valence-corrected chi connectivity index (χ3v) is 4.86. The maximum Gasteiger partial charge on any atom is 0.277 e. The van der Waals surface area contributed by atoms with E-state index in [1.54, 1.807) is 30.3 Å². The Morgan fingerprint density at radius 3 is 2.65 bits per heavy atom. The van der Waals surface area contributed by atoms with E-state index < -0.39 is 0 Å². The van der Waals surface area contributed by atoms with Gasteiger partial charge in [-0.3, -0.25) is 4.79 Å². The molecule has 0 unspecified atom stereocenters. The molecular formula is C18H15Cl2N3O2S. The molecule has 0 aliphatic heterocycles. The van der Waals surface area contributed by atoms with Crippen LogP contribution in [0, 0.1) is 0 Å². The van der Waals surface area contributed by atoms with Crippen LogP contribution in [0.3, 0.4) is 0 Å². The standard InChI is InChI=1S/C18H15Cl2N3O2S/c1-11(13-3-2-4-15(20)9-13)21-16(24)10-26-18-23-22-17(25-18)12-5-7-14(19)8-6-12/h2-9,11H,10H2,1H3,(H,21,24)/t11-/m1/s1. The van der Waals surface area contributed by atoms with Crippen molar-refractivity contribution in [2.24, 2.45) is 0 Å². The molecule has 134 valence electrons. The Morgan fingerprint density at radius 2 is 1.92 bits per heavy atom. The van der Waals surface area contributed by atoms with E-state index in [0.717, 1.165) is 11.1 Å². The highest BCUT2D eigenvalue weighted by Gasteiger charge is 2.13. The smallest absolute Gasteiger partial charge is 0.277 e. The van der Waals surface area contributed by atoms with E-state index in [1.165, 1.54) is 11.8 Å². The van der Waals surface area contributed by atoms with Gasteiger partial charge in [-0.15, -0.1) is 10.2 Å². The SMILES string of the molecule is C[C@@H](NC(=O)CSc1nnc(-c2ccc(Cl)cc2)o1)c1cccc(Cl)c1. The molecule has 3 rings (SSSR count). The third kappa shape index (κ3) is 5.00. The minimum atomic E-state index is -0.144. The molecule has 0 radical (unpaired) electrons. The van der Waals surface area contributed by atoms with Gasteiger partial charge < -0.3 is 9.73 Å². The van der Waals surface area contributed by atoms with Crippen LogP contribution in [0.2, 0.25) is 10.0 Å². The molecule has 0 saturated carbocycles. The molecule has 1 atom stereocenters. The molecule has 0 spiro atoms. The first-order chi connectivity index (χ1) is 12.5. The summed E-state index contributed by atoms with van der Waals surface area (Å²) in [5, 5.41) is 12.5. The number of nitrogens with zero attached hydrogens (tertiary/aromatic N) is 2. The predicted octanol–water partition coefficient (Wildman–Crippen LogP) is 5.01. The van der Waals surface area contributed by atoms with Gasteiger partial charge >= 0.3 is 0 Å². The molecule has 0 aliphatic rings. The van der Waals surface area contributed by atoms with E-state index >= 15 is 0 Å². The van der Waals surface area contributed by atoms with Crippen LogP contribution >= 0.6 is 35.0 Å². The van der Waals surface area contributed by atoms with E-state index in [9.17, 15) is 4.79 Å². The van der Waals surface area contributed by atoms with Gasteiger partial charge in [0.25, 0.3) is 5.22 Å². The van der Waals surface area contributed by atoms with Gasteiger partial charge in [-0.25, -0.2) is 0 Å². The molecule has 0 saturated heterocycles. The minimum Gasteiger partial charge on any atom is -0.411 e. The van der Waals surface area contributed by atoms with E-state index in [0.29, 0.717) is 21.2 Å². The second kappa shape index (κ2) is 8.58. The Labute approximate surface area is 165 Å². The number of amides is 1. The maximum absolute atomic E-state index is 12.1. The highest BCUT2D eigenvalue weighted by molar-refractivity contribution is 7.99. The lowest BCUT2D eigenvalue weighted by atomic mass is 10.1. The summed E-state index contributed by atoms with van der Waals surface area (Å²) in [6, 6.07) is 14.3. The molecule has 1 aromatic heterocycles. The van der Waals surface area contributed by atoms with Gasteiger partial charge in [0, 0.05) is 15.6 Å². The van der Waals surface area contributed by atoms with Crippen LogP contribution < -0.4 is 5.32 Å². The fourth-order valence-corrected chi connectivity index (χ4v) is 3.15. The number of aromatic nitrogens is 2. The van der Waals surface area contributed by atoms with E-state index in [2.05, 4.69) is 15.5 Å². The van der Waals surface area contributed by atoms with Crippen molar-refractivity contribution in [3.63, 3.8) is 0 Å². The summed E-state index contributed by atoms with van der Waals surface area (Å²) in [6.45, 7) is 1.90. The zero-order chi connectivity index (χ0) is 18.5. The first-order valence-electron chi connectivity index (χ1n) is 7.78. The van der Waals surface area contributed by atoms with Gasteiger partial charge in [-0.05, 0) is 48.9 Å². The summed E-state index contributed by atoms with van der Waals surface area (Å²) in [6.07, 6.45) is 0. The molecule has 3 aromatic rings. The molecule has 1 heterocycles. The summed E-state index contributed by atoms with van der Waals surface area (Å²) in [7, 11) is 0. The maximum atomic E-state index is 12.1. The molecule has 26 heavy (non-hydrogen) atoms. The number of thioether (sulfide) groups is 1. The van der Waals surface area contributed by atoms with Crippen LogP contribution in [0.15, 0.2) is 58.2 Å². The van der Waals surface area contributed by atoms with Crippen LogP contribution in [0.4, 0.5) is 0 Å². The minimum absolute atomic E-state index is 0.131. The largest absolute Gasteiger partial charge is 0.411 e. The van der Waals surface area contributed by atoms with Crippen molar-refractivity contribution < 1.29 is 9.21 Å². The number of rotatable bonds is 6. The van der Waals surface area contributed by atoms with Crippen molar-refractivity contribution in [3.05, 3.63) is 64.1 Å². The van der Waals surface area contributed by atoms with Crippen molar-refractivity contribution in [2.75, 3.05) is 5.75 Å². The first kappa shape index (κ1) is 18.8. The van der Waals surface area contributed by atoms with Crippen LogP contribution in [0.5, 0.6) is 0 Å². The first-order valence-corrected chi connectivity index (χ1v) is 9.52. The number of hydrogen-bond acceptors (Lipinski definition) is 5. The van der Waals surface area contributed by atoms with Gasteiger partial charge in [0.15, 0.2) is 0 Å². The zero-order valence-corrected chi connectivity index (χ0v) is 16.1. The van der Waals surface area contributed by atoms with Crippen molar-refractivity contribution in [3.8, 4) is 11.5 Å². The Kier molecular flexibility index (Phi) is 6.19. The van der Waals surface area contributed by atoms with E-state index in [-0.39, 0.29) is 17.7 Å². The van der Waals surface area contributed by atoms with Crippen LogP contribution in [0.1, 0.15) is 18.5 Å².